The fourth-order valence-electron chi connectivity index (χ4n) is 3.72. The molecule has 1 nitrogen and oxygen atoms in total. The van der Waals surface area contributed by atoms with E-state index in [1.165, 1.54) is 21.5 Å². The maximum atomic E-state index is 2.36. The van der Waals surface area contributed by atoms with Gasteiger partial charge in [0.1, 0.15) is 23.2 Å². The van der Waals surface area contributed by atoms with Gasteiger partial charge in [-0.15, -0.1) is 0 Å². The molecule has 0 aliphatic carbocycles. The van der Waals surface area contributed by atoms with Crippen LogP contribution < -0.4 is 15.9 Å². The van der Waals surface area contributed by atoms with Crippen molar-refractivity contribution in [3.8, 4) is 0 Å². The van der Waals surface area contributed by atoms with Crippen LogP contribution in [0.25, 0.3) is 6.08 Å². The third-order valence-electron chi connectivity index (χ3n) is 5.08. The molecule has 144 valence electrons. The first-order valence-electron chi connectivity index (χ1n) is 9.66. The van der Waals surface area contributed by atoms with Crippen molar-refractivity contribution in [1.82, 2.24) is 0 Å². The summed E-state index contributed by atoms with van der Waals surface area (Å²) < 4.78 is 0. The third-order valence-corrected chi connectivity index (χ3v) is 9.38. The Labute approximate surface area is 174 Å². The van der Waals surface area contributed by atoms with E-state index in [4.69, 9.17) is 0 Å². The molecule has 0 saturated heterocycles. The molecular weight excluding hydrogens is 371 g/mol. The van der Waals surface area contributed by atoms with Crippen LogP contribution in [0.2, 0.25) is 0 Å². The van der Waals surface area contributed by atoms with Crippen LogP contribution >= 0.6 is 7.26 Å². The van der Waals surface area contributed by atoms with Gasteiger partial charge in [0.2, 0.25) is 0 Å². The second-order valence-corrected chi connectivity index (χ2v) is 10.3. The number of allylic oxidation sites excluding steroid dienone is 1. The molecule has 0 spiro atoms. The van der Waals surface area contributed by atoms with Crippen molar-refractivity contribution in [2.24, 2.45) is 0 Å². The highest BCUT2D eigenvalue weighted by molar-refractivity contribution is 7.95. The van der Waals surface area contributed by atoms with Crippen LogP contribution in [0, 0.1) is 0 Å². The van der Waals surface area contributed by atoms with E-state index in [-0.39, 0.29) is 5.48 Å². The van der Waals surface area contributed by atoms with Crippen LogP contribution in [0.1, 0.15) is 5.56 Å². The zero-order valence-electron chi connectivity index (χ0n) is 16.3. The maximum absolute atomic E-state index is 2.36. The highest BCUT2D eigenvalue weighted by Crippen LogP contribution is 2.55. The number of rotatable bonds is 6. The second-order valence-electron chi connectivity index (χ2n) is 6.81. The summed E-state index contributed by atoms with van der Waals surface area (Å²) in [5, 5.41) is 4.26. The molecular formula is C27H25OP. The Morgan fingerprint density at radius 1 is 0.483 bits per heavy atom. The van der Waals surface area contributed by atoms with Gasteiger partial charge in [-0.25, -0.2) is 0 Å². The van der Waals surface area contributed by atoms with E-state index < -0.39 is 7.26 Å². The van der Waals surface area contributed by atoms with E-state index in [1.807, 2.05) is 0 Å². The molecule has 4 rings (SSSR count). The molecule has 0 atom stereocenters. The van der Waals surface area contributed by atoms with Gasteiger partial charge in [-0.3, -0.25) is 0 Å². The SMILES string of the molecule is C(=Cc1ccccc1)C[P+](c1ccccc1)(c1ccccc1)c1ccccc1.[OH-]. The molecule has 0 fully saturated rings. The molecule has 0 unspecified atom stereocenters. The Morgan fingerprint density at radius 2 is 0.828 bits per heavy atom. The lowest BCUT2D eigenvalue weighted by Gasteiger charge is -2.26. The molecule has 0 amide bonds. The van der Waals surface area contributed by atoms with Gasteiger partial charge in [-0.1, -0.05) is 91.0 Å². The average molecular weight is 396 g/mol. The first kappa shape index (κ1) is 20.7. The van der Waals surface area contributed by atoms with Crippen molar-refractivity contribution in [3.63, 3.8) is 0 Å². The molecule has 0 saturated carbocycles. The first-order valence-corrected chi connectivity index (χ1v) is 11.6. The molecule has 0 aromatic heterocycles. The van der Waals surface area contributed by atoms with E-state index in [0.29, 0.717) is 0 Å². The number of hydrogen-bond acceptors (Lipinski definition) is 1. The molecule has 4 aromatic rings. The molecule has 0 aliphatic heterocycles. The van der Waals surface area contributed by atoms with Gasteiger partial charge in [0.25, 0.3) is 0 Å². The lowest BCUT2D eigenvalue weighted by atomic mass is 10.2. The van der Waals surface area contributed by atoms with Crippen molar-refractivity contribution in [1.29, 1.82) is 0 Å². The van der Waals surface area contributed by atoms with Crippen LogP contribution in [0.4, 0.5) is 0 Å². The fraction of sp³-hybridized carbons (Fsp3) is 0.0370. The largest absolute Gasteiger partial charge is 0.870 e. The number of hydrogen-bond donors (Lipinski definition) is 0. The van der Waals surface area contributed by atoms with Gasteiger partial charge in [-0.2, -0.15) is 0 Å². The minimum absolute atomic E-state index is 0. The summed E-state index contributed by atoms with van der Waals surface area (Å²) in [7, 11) is -1.78. The van der Waals surface area contributed by atoms with Gasteiger partial charge in [0.15, 0.2) is 0 Å². The van der Waals surface area contributed by atoms with Gasteiger partial charge in [0.05, 0.1) is 6.16 Å². The quantitative estimate of drug-likeness (QED) is 0.395. The lowest BCUT2D eigenvalue weighted by molar-refractivity contribution is 0.824. The molecule has 0 radical (unpaired) electrons. The highest BCUT2D eigenvalue weighted by Gasteiger charge is 2.43. The zero-order chi connectivity index (χ0) is 19.1. The fourth-order valence-corrected chi connectivity index (χ4v) is 7.71. The summed E-state index contributed by atoms with van der Waals surface area (Å²) in [6.45, 7) is 0. The summed E-state index contributed by atoms with van der Waals surface area (Å²) in [5.41, 5.74) is 1.25. The summed E-state index contributed by atoms with van der Waals surface area (Å²) in [4.78, 5) is 0. The summed E-state index contributed by atoms with van der Waals surface area (Å²) >= 11 is 0. The summed E-state index contributed by atoms with van der Waals surface area (Å²) in [6, 6.07) is 43.6. The van der Waals surface area contributed by atoms with Crippen molar-refractivity contribution in [2.75, 3.05) is 6.16 Å². The third kappa shape index (κ3) is 4.54. The Bertz CT molecular complexity index is 916. The minimum atomic E-state index is -1.78. The Morgan fingerprint density at radius 3 is 1.21 bits per heavy atom. The van der Waals surface area contributed by atoms with Gasteiger partial charge in [0, 0.05) is 0 Å². The lowest BCUT2D eigenvalue weighted by Crippen LogP contribution is -2.32. The second kappa shape index (κ2) is 9.98. The molecule has 29 heavy (non-hydrogen) atoms. The van der Waals surface area contributed by atoms with Crippen molar-refractivity contribution >= 4 is 29.3 Å². The van der Waals surface area contributed by atoms with Crippen LogP contribution in [0.15, 0.2) is 127 Å². The van der Waals surface area contributed by atoms with E-state index in [9.17, 15) is 0 Å². The molecule has 4 aromatic carbocycles. The minimum Gasteiger partial charge on any atom is -0.870 e. The van der Waals surface area contributed by atoms with E-state index in [1.54, 1.807) is 0 Å². The average Bonchev–Trinajstić information content (AvgIpc) is 2.79. The smallest absolute Gasteiger partial charge is 0.115 e. The summed E-state index contributed by atoms with van der Waals surface area (Å²) in [6.07, 6.45) is 5.61. The maximum Gasteiger partial charge on any atom is 0.115 e. The van der Waals surface area contributed by atoms with Gasteiger partial charge in [-0.05, 0) is 48.0 Å². The topological polar surface area (TPSA) is 30.0 Å². The van der Waals surface area contributed by atoms with Crippen molar-refractivity contribution in [2.45, 2.75) is 0 Å². The molecule has 1 N–H and O–H groups in total. The standard InChI is InChI=1S/C27H24P.H2O/c1-5-14-24(15-6-1)16-13-23-28(25-17-7-2-8-18-25,26-19-9-3-10-20-26)27-21-11-4-12-22-27;/h1-22H,23H2;1H2/q+1;/p-1. The molecule has 0 bridgehead atoms. The van der Waals surface area contributed by atoms with Crippen molar-refractivity contribution < 1.29 is 5.48 Å². The predicted octanol–water partition coefficient (Wildman–Crippen LogP) is 5.52. The Hall–Kier alpha value is -2.99. The first-order chi connectivity index (χ1) is 13.9. The van der Waals surface area contributed by atoms with Crippen LogP contribution in [-0.2, 0) is 0 Å². The number of benzene rings is 4. The van der Waals surface area contributed by atoms with Gasteiger partial charge < -0.3 is 5.48 Å². The Balaban J connectivity index is 0.00000240. The normalized spacial score (nSPS) is 11.2. The van der Waals surface area contributed by atoms with E-state index >= 15 is 0 Å². The molecule has 0 aliphatic rings. The van der Waals surface area contributed by atoms with E-state index in [2.05, 4.69) is 133 Å². The van der Waals surface area contributed by atoms with E-state index in [0.717, 1.165) is 6.16 Å². The Kier molecular flexibility index (Phi) is 7.14. The monoisotopic (exact) mass is 396 g/mol. The van der Waals surface area contributed by atoms with Crippen LogP contribution in [0.3, 0.4) is 0 Å². The highest BCUT2D eigenvalue weighted by atomic mass is 31.2. The zero-order valence-corrected chi connectivity index (χ0v) is 17.2. The molecule has 0 heterocycles. The predicted molar refractivity (Wildman–Crippen MR) is 127 cm³/mol. The molecule has 2 heteroatoms. The summed E-state index contributed by atoms with van der Waals surface area (Å²) in [5.74, 6) is 0. The van der Waals surface area contributed by atoms with Crippen LogP contribution in [0.5, 0.6) is 0 Å². The van der Waals surface area contributed by atoms with Crippen molar-refractivity contribution in [3.05, 3.63) is 133 Å². The van der Waals surface area contributed by atoms with Gasteiger partial charge >= 0.3 is 0 Å². The van der Waals surface area contributed by atoms with Crippen LogP contribution in [-0.4, -0.2) is 11.6 Å².